The average Bonchev–Trinajstić information content (AvgIpc) is 2.90. The van der Waals surface area contributed by atoms with Crippen molar-refractivity contribution in [2.24, 2.45) is 0 Å². The van der Waals surface area contributed by atoms with Gasteiger partial charge in [0.05, 0.1) is 4.90 Å². The first-order chi connectivity index (χ1) is 9.68. The fraction of sp³-hybridized carbons (Fsp3) is 0.250. The number of hydrogen-bond acceptors (Lipinski definition) is 5. The molecular weight excluding hydrogens is 321 g/mol. The number of benzene rings is 1. The molecule has 1 unspecified atom stereocenters. The maximum atomic E-state index is 13.0. The second-order valence-electron chi connectivity index (χ2n) is 4.88. The van der Waals surface area contributed by atoms with E-state index in [9.17, 15) is 25.5 Å². The molecule has 0 aromatic heterocycles. The van der Waals surface area contributed by atoms with Gasteiger partial charge in [0.25, 0.3) is 0 Å². The second-order valence-corrected chi connectivity index (χ2v) is 8.30. The van der Waals surface area contributed by atoms with Crippen LogP contribution < -0.4 is 4.90 Å². The van der Waals surface area contributed by atoms with Crippen LogP contribution in [0.1, 0.15) is 12.0 Å². The third-order valence-electron chi connectivity index (χ3n) is 3.53. The number of amides is 1. The summed E-state index contributed by atoms with van der Waals surface area (Å²) in [6.45, 7) is -0.316. The zero-order valence-corrected chi connectivity index (χ0v) is 12.2. The lowest BCUT2D eigenvalue weighted by atomic mass is 10.2. The van der Waals surface area contributed by atoms with Crippen LogP contribution in [-0.2, 0) is 24.9 Å². The summed E-state index contributed by atoms with van der Waals surface area (Å²) in [7, 11) is -8.33. The first-order valence-electron chi connectivity index (χ1n) is 5.99. The average molecular weight is 331 g/mol. The van der Waals surface area contributed by atoms with Crippen LogP contribution in [0.15, 0.2) is 28.5 Å². The number of fused-ring (bicyclic) bond motifs is 1. The summed E-state index contributed by atoms with van der Waals surface area (Å²) in [4.78, 5) is 13.0. The summed E-state index contributed by atoms with van der Waals surface area (Å²) >= 11 is 0. The van der Waals surface area contributed by atoms with Gasteiger partial charge in [-0.1, -0.05) is 6.07 Å². The molecule has 1 amide bonds. The van der Waals surface area contributed by atoms with Gasteiger partial charge in [0, 0.05) is 24.1 Å². The zero-order chi connectivity index (χ0) is 15.4. The van der Waals surface area contributed by atoms with E-state index in [2.05, 4.69) is 0 Å². The normalized spacial score (nSPS) is 23.6. The lowest BCUT2D eigenvalue weighted by Crippen LogP contribution is -2.27. The summed E-state index contributed by atoms with van der Waals surface area (Å²) in [5.74, 6) is -0.551. The van der Waals surface area contributed by atoms with Crippen molar-refractivity contribution in [1.29, 1.82) is 0 Å². The van der Waals surface area contributed by atoms with Gasteiger partial charge in [0.15, 0.2) is 0 Å². The summed E-state index contributed by atoms with van der Waals surface area (Å²) in [5, 5.41) is -0.352. The Kier molecular flexibility index (Phi) is 2.96. The van der Waals surface area contributed by atoms with E-state index in [1.54, 1.807) is 0 Å². The monoisotopic (exact) mass is 331 g/mol. The maximum Gasteiger partial charge on any atom is 0.307 e. The van der Waals surface area contributed by atoms with Crippen molar-refractivity contribution in [3.05, 3.63) is 29.2 Å². The Labute approximate surface area is 121 Å². The summed E-state index contributed by atoms with van der Waals surface area (Å²) in [6.07, 6.45) is 0.996. The van der Waals surface area contributed by atoms with E-state index in [4.69, 9.17) is 0 Å². The van der Waals surface area contributed by atoms with Gasteiger partial charge in [-0.15, -0.1) is 3.89 Å². The fourth-order valence-electron chi connectivity index (χ4n) is 2.42. The van der Waals surface area contributed by atoms with Gasteiger partial charge in [-0.3, -0.25) is 4.79 Å². The van der Waals surface area contributed by atoms with E-state index >= 15 is 0 Å². The molecular formula is C12H10FNO5S2. The Morgan fingerprint density at radius 2 is 2.00 bits per heavy atom. The molecule has 0 bridgehead atoms. The number of halogens is 1. The number of rotatable bonds is 2. The molecule has 1 aromatic carbocycles. The van der Waals surface area contributed by atoms with Crippen LogP contribution in [0.2, 0.25) is 0 Å². The number of anilines is 1. The molecule has 3 rings (SSSR count). The van der Waals surface area contributed by atoms with Crippen molar-refractivity contribution < 1.29 is 25.5 Å². The van der Waals surface area contributed by atoms with Crippen LogP contribution in [0.5, 0.6) is 0 Å². The molecule has 1 atom stereocenters. The van der Waals surface area contributed by atoms with Gasteiger partial charge in [-0.05, 0) is 23.8 Å². The molecule has 0 spiro atoms. The van der Waals surface area contributed by atoms with E-state index in [-0.39, 0.29) is 17.1 Å². The number of sulfone groups is 1. The molecule has 1 saturated heterocycles. The molecule has 0 N–H and O–H groups in total. The van der Waals surface area contributed by atoms with Gasteiger partial charge >= 0.3 is 10.2 Å². The van der Waals surface area contributed by atoms with E-state index in [0.29, 0.717) is 5.56 Å². The zero-order valence-electron chi connectivity index (χ0n) is 10.6. The number of carbonyl (C=O) groups is 1. The van der Waals surface area contributed by atoms with Gasteiger partial charge in [-0.2, -0.15) is 8.42 Å². The molecule has 112 valence electrons. The van der Waals surface area contributed by atoms with Crippen molar-refractivity contribution in [2.75, 3.05) is 11.4 Å². The van der Waals surface area contributed by atoms with E-state index in [1.807, 2.05) is 0 Å². The highest BCUT2D eigenvalue weighted by molar-refractivity contribution is 7.94. The summed E-state index contributed by atoms with van der Waals surface area (Å²) in [5.41, 5.74) is 0.747. The van der Waals surface area contributed by atoms with Gasteiger partial charge in [0.1, 0.15) is 5.25 Å². The summed E-state index contributed by atoms with van der Waals surface area (Å²) < 4.78 is 58.3. The second kappa shape index (κ2) is 4.38. The Morgan fingerprint density at radius 1 is 1.29 bits per heavy atom. The van der Waals surface area contributed by atoms with Gasteiger partial charge in [-0.25, -0.2) is 8.42 Å². The van der Waals surface area contributed by atoms with Crippen molar-refractivity contribution in [3.8, 4) is 0 Å². The van der Waals surface area contributed by atoms with E-state index in [1.165, 1.54) is 24.3 Å². The predicted molar refractivity (Wildman–Crippen MR) is 73.4 cm³/mol. The molecule has 2 aliphatic rings. The van der Waals surface area contributed by atoms with Crippen LogP contribution >= 0.6 is 0 Å². The van der Waals surface area contributed by atoms with Crippen LogP contribution in [0.4, 0.5) is 9.57 Å². The molecule has 1 fully saturated rings. The third kappa shape index (κ3) is 2.36. The first kappa shape index (κ1) is 14.2. The Morgan fingerprint density at radius 3 is 2.62 bits per heavy atom. The molecule has 1 aromatic rings. The molecule has 0 radical (unpaired) electrons. The highest BCUT2D eigenvalue weighted by Gasteiger charge is 2.39. The lowest BCUT2D eigenvalue weighted by Gasteiger charge is -2.17. The first-order valence-corrected chi connectivity index (χ1v) is 8.99. The fourth-order valence-corrected chi connectivity index (χ4v) is 4.31. The van der Waals surface area contributed by atoms with Crippen LogP contribution in [-0.4, -0.2) is 34.5 Å². The minimum absolute atomic E-state index is 0.0550. The van der Waals surface area contributed by atoms with Crippen LogP contribution in [0, 0.1) is 0 Å². The molecule has 0 saturated carbocycles. The standard InChI is InChI=1S/C12H10FNO5S2/c13-21(18,19)10-6-12(15)14(7-10)9-2-1-8-3-4-20(16,17)11(8)5-9/h1-5,10H,6-7H2. The minimum atomic E-state index is -4.80. The Bertz CT molecular complexity index is 873. The topological polar surface area (TPSA) is 88.6 Å². The minimum Gasteiger partial charge on any atom is -0.311 e. The highest BCUT2D eigenvalue weighted by atomic mass is 32.3. The molecule has 6 nitrogen and oxygen atoms in total. The van der Waals surface area contributed by atoms with Gasteiger partial charge < -0.3 is 4.90 Å². The van der Waals surface area contributed by atoms with E-state index < -0.39 is 37.6 Å². The summed E-state index contributed by atoms with van der Waals surface area (Å²) in [6, 6.07) is 4.33. The number of carbonyl (C=O) groups excluding carboxylic acids is 1. The number of hydrogen-bond donors (Lipinski definition) is 0. The van der Waals surface area contributed by atoms with E-state index in [0.717, 1.165) is 10.3 Å². The lowest BCUT2D eigenvalue weighted by molar-refractivity contribution is -0.117. The SMILES string of the molecule is O=C1CC(S(=O)(=O)F)CN1c1ccc2c(c1)S(=O)(=O)C=C2. The predicted octanol–water partition coefficient (Wildman–Crippen LogP) is 0.849. The maximum absolute atomic E-state index is 13.0. The van der Waals surface area contributed by atoms with Crippen molar-refractivity contribution in [2.45, 2.75) is 16.6 Å². The number of nitrogens with zero attached hydrogens (tertiary/aromatic N) is 1. The quantitative estimate of drug-likeness (QED) is 0.750. The molecule has 9 heteroatoms. The van der Waals surface area contributed by atoms with Crippen molar-refractivity contribution in [3.63, 3.8) is 0 Å². The molecule has 0 aliphatic carbocycles. The van der Waals surface area contributed by atoms with Gasteiger partial charge in [0.2, 0.25) is 15.7 Å². The van der Waals surface area contributed by atoms with Crippen LogP contribution in [0.25, 0.3) is 6.08 Å². The molecule has 2 aliphatic heterocycles. The Balaban J connectivity index is 1.99. The third-order valence-corrected chi connectivity index (χ3v) is 6.10. The Hall–Kier alpha value is -1.74. The van der Waals surface area contributed by atoms with Crippen LogP contribution in [0.3, 0.4) is 0 Å². The van der Waals surface area contributed by atoms with Crippen molar-refractivity contribution in [1.82, 2.24) is 0 Å². The van der Waals surface area contributed by atoms with Crippen molar-refractivity contribution >= 4 is 37.7 Å². The molecule has 2 heterocycles. The largest absolute Gasteiger partial charge is 0.311 e. The highest BCUT2D eigenvalue weighted by Crippen LogP contribution is 2.33. The molecule has 21 heavy (non-hydrogen) atoms. The smallest absolute Gasteiger partial charge is 0.307 e.